The normalized spacial score (nSPS) is 29.2. The quantitative estimate of drug-likeness (QED) is 0.901. The lowest BCUT2D eigenvalue weighted by Gasteiger charge is -2.42. The van der Waals surface area contributed by atoms with Crippen LogP contribution in [0.15, 0.2) is 24.3 Å². The third kappa shape index (κ3) is 2.56. The minimum absolute atomic E-state index is 0.422. The second kappa shape index (κ2) is 5.64. The maximum atomic E-state index is 6.13. The summed E-state index contributed by atoms with van der Waals surface area (Å²) in [6.45, 7) is 4.15. The second-order valence-corrected chi connectivity index (χ2v) is 6.30. The van der Waals surface area contributed by atoms with Crippen molar-refractivity contribution in [3.8, 4) is 0 Å². The van der Waals surface area contributed by atoms with Crippen LogP contribution in [0.3, 0.4) is 0 Å². The van der Waals surface area contributed by atoms with E-state index in [1.807, 2.05) is 0 Å². The molecular formula is C17H26N2. The van der Waals surface area contributed by atoms with Crippen molar-refractivity contribution in [2.45, 2.75) is 51.1 Å². The summed E-state index contributed by atoms with van der Waals surface area (Å²) in [7, 11) is 0. The van der Waals surface area contributed by atoms with E-state index < -0.39 is 0 Å². The first-order valence-electron chi connectivity index (χ1n) is 7.82. The number of hydrogen-bond acceptors (Lipinski definition) is 2. The topological polar surface area (TPSA) is 29.3 Å². The van der Waals surface area contributed by atoms with Crippen LogP contribution in [-0.4, -0.2) is 24.0 Å². The first kappa shape index (κ1) is 13.1. The second-order valence-electron chi connectivity index (χ2n) is 6.30. The Kier molecular flexibility index (Phi) is 3.90. The van der Waals surface area contributed by atoms with Crippen molar-refractivity contribution in [3.63, 3.8) is 0 Å². The fourth-order valence-electron chi connectivity index (χ4n) is 4.22. The molecule has 2 N–H and O–H groups in total. The average Bonchev–Trinajstić information content (AvgIpc) is 2.89. The molecule has 0 radical (unpaired) electrons. The van der Waals surface area contributed by atoms with Crippen LogP contribution in [0.25, 0.3) is 0 Å². The van der Waals surface area contributed by atoms with Gasteiger partial charge in [0.25, 0.3) is 0 Å². The van der Waals surface area contributed by atoms with Crippen molar-refractivity contribution in [1.82, 2.24) is 4.90 Å². The fraction of sp³-hybridized carbons (Fsp3) is 0.647. The van der Waals surface area contributed by atoms with Crippen LogP contribution in [0.4, 0.5) is 0 Å². The van der Waals surface area contributed by atoms with E-state index >= 15 is 0 Å². The van der Waals surface area contributed by atoms with Crippen LogP contribution in [0, 0.1) is 12.8 Å². The van der Waals surface area contributed by atoms with Gasteiger partial charge < -0.3 is 5.73 Å². The molecule has 1 aromatic rings. The van der Waals surface area contributed by atoms with Gasteiger partial charge in [-0.15, -0.1) is 0 Å². The van der Waals surface area contributed by atoms with E-state index in [0.29, 0.717) is 6.04 Å². The first-order valence-corrected chi connectivity index (χ1v) is 7.82. The number of nitrogens with two attached hydrogens (primary N) is 1. The predicted octanol–water partition coefficient (Wildman–Crippen LogP) is 3.26. The van der Waals surface area contributed by atoms with E-state index in [2.05, 4.69) is 36.1 Å². The molecule has 2 nitrogen and oxygen atoms in total. The van der Waals surface area contributed by atoms with Crippen molar-refractivity contribution < 1.29 is 0 Å². The highest BCUT2D eigenvalue weighted by Crippen LogP contribution is 2.40. The molecule has 1 aromatic carbocycles. The molecule has 1 saturated carbocycles. The van der Waals surface area contributed by atoms with Crippen LogP contribution in [-0.2, 0) is 0 Å². The van der Waals surface area contributed by atoms with Gasteiger partial charge in [-0.2, -0.15) is 0 Å². The summed E-state index contributed by atoms with van der Waals surface area (Å²) < 4.78 is 0. The zero-order chi connectivity index (χ0) is 13.2. The van der Waals surface area contributed by atoms with Gasteiger partial charge in [0, 0.05) is 18.6 Å². The van der Waals surface area contributed by atoms with Crippen molar-refractivity contribution in [1.29, 1.82) is 0 Å². The van der Waals surface area contributed by atoms with Gasteiger partial charge in [0.1, 0.15) is 0 Å². The molecule has 0 aromatic heterocycles. The number of benzene rings is 1. The molecule has 104 valence electrons. The molecule has 1 heterocycles. The third-order valence-electron chi connectivity index (χ3n) is 5.09. The highest BCUT2D eigenvalue weighted by Gasteiger charge is 2.38. The molecule has 2 heteroatoms. The molecule has 3 atom stereocenters. The van der Waals surface area contributed by atoms with E-state index in [4.69, 9.17) is 5.73 Å². The lowest BCUT2D eigenvalue weighted by atomic mass is 9.89. The third-order valence-corrected chi connectivity index (χ3v) is 5.09. The molecule has 19 heavy (non-hydrogen) atoms. The van der Waals surface area contributed by atoms with E-state index in [0.717, 1.165) is 18.5 Å². The fourth-order valence-corrected chi connectivity index (χ4v) is 4.22. The van der Waals surface area contributed by atoms with Gasteiger partial charge in [0.05, 0.1) is 0 Å². The van der Waals surface area contributed by atoms with Gasteiger partial charge in [0.2, 0.25) is 0 Å². The SMILES string of the molecule is Cc1cccc(C(CN)N2CCCC3CCCC32)c1. The van der Waals surface area contributed by atoms with Crippen molar-refractivity contribution >= 4 is 0 Å². The van der Waals surface area contributed by atoms with Gasteiger partial charge in [0.15, 0.2) is 0 Å². The van der Waals surface area contributed by atoms with Crippen LogP contribution in [0.1, 0.15) is 49.3 Å². The van der Waals surface area contributed by atoms with E-state index in [1.165, 1.54) is 49.8 Å². The smallest absolute Gasteiger partial charge is 0.0473 e. The molecule has 1 aliphatic heterocycles. The highest BCUT2D eigenvalue weighted by atomic mass is 15.2. The van der Waals surface area contributed by atoms with E-state index in [9.17, 15) is 0 Å². The van der Waals surface area contributed by atoms with E-state index in [1.54, 1.807) is 0 Å². The minimum Gasteiger partial charge on any atom is -0.329 e. The Morgan fingerprint density at radius 3 is 2.89 bits per heavy atom. The maximum absolute atomic E-state index is 6.13. The molecule has 0 spiro atoms. The Labute approximate surface area is 117 Å². The minimum atomic E-state index is 0.422. The van der Waals surface area contributed by atoms with Crippen LogP contribution in [0.2, 0.25) is 0 Å². The van der Waals surface area contributed by atoms with Crippen LogP contribution in [0.5, 0.6) is 0 Å². The number of fused-ring (bicyclic) bond motifs is 1. The molecule has 1 saturated heterocycles. The molecule has 0 amide bonds. The Hall–Kier alpha value is -0.860. The summed E-state index contributed by atoms with van der Waals surface area (Å²) in [5, 5.41) is 0. The number of nitrogens with zero attached hydrogens (tertiary/aromatic N) is 1. The lowest BCUT2D eigenvalue weighted by Crippen LogP contribution is -2.46. The number of likely N-dealkylation sites (tertiary alicyclic amines) is 1. The number of hydrogen-bond donors (Lipinski definition) is 1. The van der Waals surface area contributed by atoms with Gasteiger partial charge in [-0.3, -0.25) is 4.90 Å². The summed E-state index contributed by atoms with van der Waals surface area (Å²) in [5.74, 6) is 0.938. The van der Waals surface area contributed by atoms with Crippen molar-refractivity contribution in [2.75, 3.05) is 13.1 Å². The highest BCUT2D eigenvalue weighted by molar-refractivity contribution is 5.26. The van der Waals surface area contributed by atoms with Gasteiger partial charge in [-0.25, -0.2) is 0 Å². The molecule has 3 unspecified atom stereocenters. The molecular weight excluding hydrogens is 232 g/mol. The van der Waals surface area contributed by atoms with Crippen LogP contribution < -0.4 is 5.73 Å². The number of aryl methyl sites for hydroxylation is 1. The summed E-state index contributed by atoms with van der Waals surface area (Å²) in [6.07, 6.45) is 7.02. The summed E-state index contributed by atoms with van der Waals surface area (Å²) in [5.41, 5.74) is 8.88. The van der Waals surface area contributed by atoms with Crippen LogP contribution >= 0.6 is 0 Å². The van der Waals surface area contributed by atoms with Gasteiger partial charge >= 0.3 is 0 Å². The van der Waals surface area contributed by atoms with Crippen molar-refractivity contribution in [3.05, 3.63) is 35.4 Å². The van der Waals surface area contributed by atoms with Gasteiger partial charge in [-0.1, -0.05) is 36.2 Å². The van der Waals surface area contributed by atoms with Gasteiger partial charge in [-0.05, 0) is 50.6 Å². The zero-order valence-corrected chi connectivity index (χ0v) is 12.0. The molecule has 1 aliphatic carbocycles. The Morgan fingerprint density at radius 2 is 2.11 bits per heavy atom. The van der Waals surface area contributed by atoms with Crippen molar-refractivity contribution in [2.24, 2.45) is 11.7 Å². The summed E-state index contributed by atoms with van der Waals surface area (Å²) >= 11 is 0. The first-order chi connectivity index (χ1) is 9.29. The number of rotatable bonds is 3. The molecule has 2 aliphatic rings. The monoisotopic (exact) mass is 258 g/mol. The average molecular weight is 258 g/mol. The predicted molar refractivity (Wildman–Crippen MR) is 80.0 cm³/mol. The van der Waals surface area contributed by atoms with E-state index in [-0.39, 0.29) is 0 Å². The standard InChI is InChI=1S/C17H26N2/c1-13-5-2-7-15(11-13)17(12-18)19-10-4-8-14-6-3-9-16(14)19/h2,5,7,11,14,16-17H,3-4,6,8-10,12,18H2,1H3. The number of piperidine rings is 1. The molecule has 3 rings (SSSR count). The lowest BCUT2D eigenvalue weighted by molar-refractivity contribution is 0.0701. The largest absolute Gasteiger partial charge is 0.329 e. The molecule has 0 bridgehead atoms. The Balaban J connectivity index is 1.85. The Bertz CT molecular complexity index is 429. The maximum Gasteiger partial charge on any atom is 0.0473 e. The molecule has 2 fully saturated rings. The zero-order valence-electron chi connectivity index (χ0n) is 12.0. The summed E-state index contributed by atoms with van der Waals surface area (Å²) in [6, 6.07) is 10.1. The Morgan fingerprint density at radius 1 is 1.26 bits per heavy atom. The summed E-state index contributed by atoms with van der Waals surface area (Å²) in [4.78, 5) is 2.72.